The second-order valence-corrected chi connectivity index (χ2v) is 8.94. The van der Waals surface area contributed by atoms with Crippen LogP contribution in [0.3, 0.4) is 0 Å². The molecule has 2 aromatic heterocycles. The molecule has 0 amide bonds. The smallest absolute Gasteiger partial charge is 0.307 e. The molecule has 1 atom stereocenters. The Morgan fingerprint density at radius 3 is 2.39 bits per heavy atom. The summed E-state index contributed by atoms with van der Waals surface area (Å²) in [6.07, 6.45) is -0.0375. The molecule has 31 heavy (non-hydrogen) atoms. The number of fused-ring (bicyclic) bond motifs is 1. The van der Waals surface area contributed by atoms with Crippen molar-refractivity contribution in [3.63, 3.8) is 0 Å². The molecule has 0 saturated carbocycles. The maximum absolute atomic E-state index is 13.2. The Balaban J connectivity index is 1.79. The summed E-state index contributed by atoms with van der Waals surface area (Å²) in [4.78, 5) is 35.5. The topological polar surface area (TPSA) is 69.2 Å². The third-order valence-electron chi connectivity index (χ3n) is 4.78. The summed E-state index contributed by atoms with van der Waals surface area (Å²) in [5, 5.41) is 3.01. The number of esters is 1. The predicted molar refractivity (Wildman–Crippen MR) is 125 cm³/mol. The Morgan fingerprint density at radius 1 is 1.03 bits per heavy atom. The molecule has 0 radical (unpaired) electrons. The molecule has 5 nitrogen and oxygen atoms in total. The standard InChI is InChI=1S/C24H20N2O3S2/c1-15-25-23-21(18(14-30-23)16-9-5-3-6-10-16)24(26-15)31-19(13-20(27)29-2)22(28)17-11-7-4-8-12-17/h3-12,14,19H,13H2,1-2H3. The fraction of sp³-hybridized carbons (Fsp3) is 0.167. The lowest BCUT2D eigenvalue weighted by molar-refractivity contribution is -0.140. The zero-order valence-electron chi connectivity index (χ0n) is 17.1. The van der Waals surface area contributed by atoms with E-state index in [9.17, 15) is 9.59 Å². The van der Waals surface area contributed by atoms with Gasteiger partial charge in [0.1, 0.15) is 15.7 Å². The second-order valence-electron chi connectivity index (χ2n) is 6.89. The van der Waals surface area contributed by atoms with Crippen molar-refractivity contribution in [2.45, 2.75) is 23.6 Å². The van der Waals surface area contributed by atoms with Crippen LogP contribution in [-0.4, -0.2) is 34.1 Å². The number of thiophene rings is 1. The van der Waals surface area contributed by atoms with Crippen LogP contribution in [0.1, 0.15) is 22.6 Å². The van der Waals surface area contributed by atoms with Crippen LogP contribution >= 0.6 is 23.1 Å². The number of hydrogen-bond donors (Lipinski definition) is 0. The van der Waals surface area contributed by atoms with Crippen LogP contribution < -0.4 is 0 Å². The van der Waals surface area contributed by atoms with Crippen LogP contribution in [0, 0.1) is 6.92 Å². The van der Waals surface area contributed by atoms with Crippen molar-refractivity contribution in [3.05, 3.63) is 77.4 Å². The van der Waals surface area contributed by atoms with E-state index in [2.05, 4.69) is 15.3 Å². The number of thioether (sulfide) groups is 1. The first-order chi connectivity index (χ1) is 15.1. The third-order valence-corrected chi connectivity index (χ3v) is 6.84. The Morgan fingerprint density at radius 2 is 1.71 bits per heavy atom. The van der Waals surface area contributed by atoms with E-state index in [0.29, 0.717) is 16.4 Å². The first kappa shape index (κ1) is 21.2. The third kappa shape index (κ3) is 4.68. The zero-order chi connectivity index (χ0) is 21.8. The molecule has 0 fully saturated rings. The van der Waals surface area contributed by atoms with Gasteiger partial charge in [-0.05, 0) is 12.5 Å². The quantitative estimate of drug-likeness (QED) is 0.159. The summed E-state index contributed by atoms with van der Waals surface area (Å²) in [7, 11) is 1.33. The lowest BCUT2D eigenvalue weighted by Crippen LogP contribution is -2.22. The number of carbonyl (C=O) groups excluding carboxylic acids is 2. The highest BCUT2D eigenvalue weighted by atomic mass is 32.2. The fourth-order valence-corrected chi connectivity index (χ4v) is 5.57. The molecule has 1 unspecified atom stereocenters. The van der Waals surface area contributed by atoms with Crippen molar-refractivity contribution in [1.29, 1.82) is 0 Å². The first-order valence-electron chi connectivity index (χ1n) is 9.71. The van der Waals surface area contributed by atoms with E-state index in [4.69, 9.17) is 4.74 Å². The summed E-state index contributed by atoms with van der Waals surface area (Å²) >= 11 is 2.84. The van der Waals surface area contributed by atoms with Crippen LogP contribution in [0.2, 0.25) is 0 Å². The van der Waals surface area contributed by atoms with Crippen LogP contribution in [0.5, 0.6) is 0 Å². The number of ketones is 1. The summed E-state index contributed by atoms with van der Waals surface area (Å²) in [5.41, 5.74) is 2.63. The van der Waals surface area contributed by atoms with Crippen molar-refractivity contribution in [2.24, 2.45) is 0 Å². The molecule has 0 aliphatic carbocycles. The van der Waals surface area contributed by atoms with E-state index < -0.39 is 11.2 Å². The van der Waals surface area contributed by atoms with Gasteiger partial charge < -0.3 is 4.74 Å². The van der Waals surface area contributed by atoms with Gasteiger partial charge in [0.15, 0.2) is 5.78 Å². The second kappa shape index (κ2) is 9.41. The van der Waals surface area contributed by atoms with E-state index >= 15 is 0 Å². The van der Waals surface area contributed by atoms with Gasteiger partial charge in [-0.1, -0.05) is 72.4 Å². The molecular weight excluding hydrogens is 428 g/mol. The van der Waals surface area contributed by atoms with Crippen molar-refractivity contribution in [2.75, 3.05) is 7.11 Å². The molecule has 0 saturated heterocycles. The Labute approximate surface area is 188 Å². The highest BCUT2D eigenvalue weighted by molar-refractivity contribution is 8.00. The predicted octanol–water partition coefficient (Wildman–Crippen LogP) is 5.57. The van der Waals surface area contributed by atoms with Gasteiger partial charge in [0, 0.05) is 16.5 Å². The van der Waals surface area contributed by atoms with Crippen molar-refractivity contribution in [1.82, 2.24) is 9.97 Å². The molecule has 4 rings (SSSR count). The number of aromatic nitrogens is 2. The van der Waals surface area contributed by atoms with Crippen LogP contribution in [-0.2, 0) is 9.53 Å². The minimum atomic E-state index is -0.657. The number of aryl methyl sites for hydroxylation is 1. The average molecular weight is 449 g/mol. The molecule has 4 aromatic rings. The number of methoxy groups -OCH3 is 1. The van der Waals surface area contributed by atoms with Gasteiger partial charge in [-0.2, -0.15) is 0 Å². The molecule has 2 aromatic carbocycles. The van der Waals surface area contributed by atoms with Gasteiger partial charge >= 0.3 is 5.97 Å². The minimum absolute atomic E-state index is 0.0375. The Hall–Kier alpha value is -3.03. The largest absolute Gasteiger partial charge is 0.469 e. The molecular formula is C24H20N2O3S2. The molecule has 0 N–H and O–H groups in total. The lowest BCUT2D eigenvalue weighted by atomic mass is 10.1. The number of Topliss-reactive ketones (excluding diaryl/α,β-unsaturated/α-hetero) is 1. The van der Waals surface area contributed by atoms with Gasteiger partial charge in [0.05, 0.1) is 24.2 Å². The molecule has 7 heteroatoms. The van der Waals surface area contributed by atoms with Crippen molar-refractivity contribution < 1.29 is 14.3 Å². The minimum Gasteiger partial charge on any atom is -0.469 e. The monoisotopic (exact) mass is 448 g/mol. The number of ether oxygens (including phenoxy) is 1. The normalized spacial score (nSPS) is 11.9. The van der Waals surface area contributed by atoms with Gasteiger partial charge in [-0.25, -0.2) is 9.97 Å². The van der Waals surface area contributed by atoms with E-state index in [1.165, 1.54) is 18.9 Å². The highest BCUT2D eigenvalue weighted by Gasteiger charge is 2.27. The summed E-state index contributed by atoms with van der Waals surface area (Å²) < 4.78 is 4.86. The van der Waals surface area contributed by atoms with E-state index in [-0.39, 0.29) is 12.2 Å². The van der Waals surface area contributed by atoms with E-state index in [0.717, 1.165) is 21.3 Å². The van der Waals surface area contributed by atoms with Crippen LogP contribution in [0.25, 0.3) is 21.3 Å². The van der Waals surface area contributed by atoms with Gasteiger partial charge in [0.2, 0.25) is 0 Å². The fourth-order valence-electron chi connectivity index (χ4n) is 3.27. The first-order valence-corrected chi connectivity index (χ1v) is 11.5. The zero-order valence-corrected chi connectivity index (χ0v) is 18.7. The number of benzene rings is 2. The summed E-state index contributed by atoms with van der Waals surface area (Å²) in [6, 6.07) is 19.0. The maximum atomic E-state index is 13.2. The van der Waals surface area contributed by atoms with Crippen molar-refractivity contribution >= 4 is 45.1 Å². The van der Waals surface area contributed by atoms with E-state index in [1.807, 2.05) is 55.5 Å². The molecule has 0 aliphatic rings. The molecule has 0 bridgehead atoms. The number of hydrogen-bond acceptors (Lipinski definition) is 7. The summed E-state index contributed by atoms with van der Waals surface area (Å²) in [6.45, 7) is 1.83. The van der Waals surface area contributed by atoms with Gasteiger partial charge in [0.25, 0.3) is 0 Å². The number of carbonyl (C=O) groups is 2. The molecule has 0 spiro atoms. The lowest BCUT2D eigenvalue weighted by Gasteiger charge is -2.15. The molecule has 0 aliphatic heterocycles. The Bertz CT molecular complexity index is 1220. The molecule has 156 valence electrons. The van der Waals surface area contributed by atoms with Crippen LogP contribution in [0.15, 0.2) is 71.1 Å². The summed E-state index contributed by atoms with van der Waals surface area (Å²) in [5.74, 6) is 0.0646. The number of rotatable bonds is 7. The van der Waals surface area contributed by atoms with Crippen molar-refractivity contribution in [3.8, 4) is 11.1 Å². The SMILES string of the molecule is COC(=O)CC(Sc1nc(C)nc2scc(-c3ccccc3)c12)C(=O)c1ccccc1. The van der Waals surface area contributed by atoms with E-state index in [1.54, 1.807) is 23.5 Å². The molecule has 2 heterocycles. The van der Waals surface area contributed by atoms with Gasteiger partial charge in [-0.3, -0.25) is 9.59 Å². The number of nitrogens with zero attached hydrogens (tertiary/aromatic N) is 2. The Kier molecular flexibility index (Phi) is 6.44. The van der Waals surface area contributed by atoms with Gasteiger partial charge in [-0.15, -0.1) is 11.3 Å². The highest BCUT2D eigenvalue weighted by Crippen LogP contribution is 2.40. The average Bonchev–Trinajstić information content (AvgIpc) is 3.23. The van der Waals surface area contributed by atoms with Crippen LogP contribution in [0.4, 0.5) is 0 Å². The maximum Gasteiger partial charge on any atom is 0.307 e.